The lowest BCUT2D eigenvalue weighted by Gasteiger charge is -2.32. The third-order valence-corrected chi connectivity index (χ3v) is 6.46. The van der Waals surface area contributed by atoms with E-state index in [0.29, 0.717) is 34.3 Å². The summed E-state index contributed by atoms with van der Waals surface area (Å²) in [6, 6.07) is 19.9. The van der Waals surface area contributed by atoms with Crippen molar-refractivity contribution in [3.63, 3.8) is 0 Å². The highest BCUT2D eigenvalue weighted by Crippen LogP contribution is 2.24. The molecule has 3 aromatic carbocycles. The fourth-order valence-electron chi connectivity index (χ4n) is 4.05. The number of rotatable bonds is 11. The first-order valence-electron chi connectivity index (χ1n) is 12.4. The Morgan fingerprint density at radius 3 is 2.24 bits per heavy atom. The van der Waals surface area contributed by atoms with Crippen molar-refractivity contribution in [2.45, 2.75) is 46.7 Å². The maximum Gasteiger partial charge on any atom is 0.261 e. The van der Waals surface area contributed by atoms with E-state index >= 15 is 0 Å². The molecule has 0 aliphatic heterocycles. The van der Waals surface area contributed by atoms with Gasteiger partial charge in [0.1, 0.15) is 11.8 Å². The normalized spacial score (nSPS) is 11.8. The molecule has 0 saturated heterocycles. The van der Waals surface area contributed by atoms with E-state index in [1.165, 1.54) is 0 Å². The first-order chi connectivity index (χ1) is 17.6. The van der Waals surface area contributed by atoms with Crippen LogP contribution >= 0.6 is 23.2 Å². The van der Waals surface area contributed by atoms with Crippen molar-refractivity contribution in [1.29, 1.82) is 0 Å². The van der Waals surface area contributed by atoms with Gasteiger partial charge in [0.25, 0.3) is 5.91 Å². The van der Waals surface area contributed by atoms with Crippen LogP contribution in [0.2, 0.25) is 10.0 Å². The number of nitrogens with zero attached hydrogens (tertiary/aromatic N) is 1. The largest absolute Gasteiger partial charge is 0.484 e. The van der Waals surface area contributed by atoms with Gasteiger partial charge in [-0.15, -0.1) is 0 Å². The number of ether oxygens (including phenoxy) is 1. The van der Waals surface area contributed by atoms with E-state index in [2.05, 4.69) is 5.32 Å². The van der Waals surface area contributed by atoms with Crippen LogP contribution < -0.4 is 10.1 Å². The van der Waals surface area contributed by atoms with Crippen LogP contribution in [0.5, 0.6) is 5.75 Å². The minimum Gasteiger partial charge on any atom is -0.484 e. The molecule has 0 radical (unpaired) electrons. The van der Waals surface area contributed by atoms with E-state index in [1.54, 1.807) is 23.1 Å². The highest BCUT2D eigenvalue weighted by atomic mass is 35.5. The van der Waals surface area contributed by atoms with Gasteiger partial charge >= 0.3 is 0 Å². The molecule has 2 amide bonds. The number of hydrogen-bond donors (Lipinski definition) is 1. The van der Waals surface area contributed by atoms with E-state index in [4.69, 9.17) is 27.9 Å². The Bertz CT molecular complexity index is 1190. The molecule has 37 heavy (non-hydrogen) atoms. The van der Waals surface area contributed by atoms with Crippen LogP contribution in [0.1, 0.15) is 36.1 Å². The molecule has 1 N–H and O–H groups in total. The van der Waals surface area contributed by atoms with Gasteiger partial charge in [0.2, 0.25) is 5.91 Å². The van der Waals surface area contributed by atoms with Gasteiger partial charge in [-0.05, 0) is 66.3 Å². The minimum absolute atomic E-state index is 0.137. The Hall–Kier alpha value is -3.02. The average molecular weight is 542 g/mol. The first-order valence-corrected chi connectivity index (χ1v) is 13.1. The fourth-order valence-corrected chi connectivity index (χ4v) is 4.52. The van der Waals surface area contributed by atoms with Crippen LogP contribution in [0, 0.1) is 19.8 Å². The number of carbonyl (C=O) groups is 2. The van der Waals surface area contributed by atoms with Crippen molar-refractivity contribution < 1.29 is 14.3 Å². The van der Waals surface area contributed by atoms with Crippen molar-refractivity contribution >= 4 is 35.0 Å². The number of amides is 2. The zero-order valence-electron chi connectivity index (χ0n) is 21.8. The van der Waals surface area contributed by atoms with Crippen LogP contribution in [-0.4, -0.2) is 35.9 Å². The average Bonchev–Trinajstić information content (AvgIpc) is 2.84. The molecular weight excluding hydrogens is 507 g/mol. The van der Waals surface area contributed by atoms with E-state index in [-0.39, 0.29) is 30.9 Å². The van der Waals surface area contributed by atoms with Crippen LogP contribution in [0.3, 0.4) is 0 Å². The van der Waals surface area contributed by atoms with Gasteiger partial charge < -0.3 is 15.0 Å². The van der Waals surface area contributed by atoms with Crippen molar-refractivity contribution in [1.82, 2.24) is 10.2 Å². The Morgan fingerprint density at radius 1 is 0.946 bits per heavy atom. The Balaban J connectivity index is 1.94. The zero-order chi connectivity index (χ0) is 26.9. The lowest BCUT2D eigenvalue weighted by atomic mass is 10.0. The summed E-state index contributed by atoms with van der Waals surface area (Å²) < 4.78 is 5.90. The lowest BCUT2D eigenvalue weighted by molar-refractivity contribution is -0.142. The van der Waals surface area contributed by atoms with Gasteiger partial charge in [0, 0.05) is 29.6 Å². The Kier molecular flexibility index (Phi) is 10.4. The maximum absolute atomic E-state index is 13.7. The number of halogens is 2. The van der Waals surface area contributed by atoms with Gasteiger partial charge in [-0.2, -0.15) is 0 Å². The maximum atomic E-state index is 13.7. The summed E-state index contributed by atoms with van der Waals surface area (Å²) in [4.78, 5) is 28.7. The molecule has 5 nitrogen and oxygen atoms in total. The van der Waals surface area contributed by atoms with Crippen molar-refractivity contribution in [2.75, 3.05) is 13.2 Å². The van der Waals surface area contributed by atoms with E-state index in [1.807, 2.05) is 76.2 Å². The Morgan fingerprint density at radius 2 is 1.62 bits per heavy atom. The summed E-state index contributed by atoms with van der Waals surface area (Å²) in [6.07, 6.45) is 0.352. The second-order valence-electron chi connectivity index (χ2n) is 9.71. The predicted octanol–water partition coefficient (Wildman–Crippen LogP) is 6.40. The zero-order valence-corrected chi connectivity index (χ0v) is 23.3. The molecule has 0 fully saturated rings. The molecule has 3 rings (SSSR count). The molecule has 7 heteroatoms. The standard InChI is InChI=1S/C30H34Cl2N2O3/c1-20(2)17-33-30(36)28(15-23-8-6-5-7-9-23)34(18-24-10-11-25(31)16-27(24)32)29(35)19-37-26-13-21(3)12-22(4)14-26/h5-14,16,20,28H,15,17-19H2,1-4H3,(H,33,36)/t28-/m0/s1. The summed E-state index contributed by atoms with van der Waals surface area (Å²) in [5.41, 5.74) is 3.73. The van der Waals surface area contributed by atoms with Gasteiger partial charge in [0.05, 0.1) is 0 Å². The second kappa shape index (κ2) is 13.5. The summed E-state index contributed by atoms with van der Waals surface area (Å²) in [5.74, 6) is 0.344. The monoisotopic (exact) mass is 540 g/mol. The van der Waals surface area contributed by atoms with Crippen molar-refractivity contribution in [3.05, 3.63) is 99.0 Å². The molecule has 196 valence electrons. The SMILES string of the molecule is Cc1cc(C)cc(OCC(=O)N(Cc2ccc(Cl)cc2Cl)[C@@H](Cc2ccccc2)C(=O)NCC(C)C)c1. The van der Waals surface area contributed by atoms with Gasteiger partial charge in [-0.25, -0.2) is 0 Å². The molecular formula is C30H34Cl2N2O3. The van der Waals surface area contributed by atoms with Crippen LogP contribution in [-0.2, 0) is 22.6 Å². The summed E-state index contributed by atoms with van der Waals surface area (Å²) in [5, 5.41) is 3.94. The molecule has 0 bridgehead atoms. The predicted molar refractivity (Wildman–Crippen MR) is 150 cm³/mol. The molecule has 0 heterocycles. The molecule has 1 atom stereocenters. The summed E-state index contributed by atoms with van der Waals surface area (Å²) >= 11 is 12.6. The number of carbonyl (C=O) groups excluding carboxylic acids is 2. The second-order valence-corrected chi connectivity index (χ2v) is 10.6. The van der Waals surface area contributed by atoms with Crippen molar-refractivity contribution in [3.8, 4) is 5.75 Å². The van der Waals surface area contributed by atoms with Gasteiger partial charge in [0.15, 0.2) is 6.61 Å². The number of benzene rings is 3. The third-order valence-electron chi connectivity index (χ3n) is 5.87. The van der Waals surface area contributed by atoms with Gasteiger partial charge in [-0.3, -0.25) is 9.59 Å². The molecule has 0 aliphatic rings. The molecule has 0 spiro atoms. The fraction of sp³-hybridized carbons (Fsp3) is 0.333. The topological polar surface area (TPSA) is 58.6 Å². The quantitative estimate of drug-likeness (QED) is 0.306. The third kappa shape index (κ3) is 8.80. The molecule has 0 aromatic heterocycles. The number of aryl methyl sites for hydroxylation is 2. The summed E-state index contributed by atoms with van der Waals surface area (Å²) in [6.45, 7) is 8.44. The van der Waals surface area contributed by atoms with Crippen molar-refractivity contribution in [2.24, 2.45) is 5.92 Å². The molecule has 0 saturated carbocycles. The number of hydrogen-bond acceptors (Lipinski definition) is 3. The molecule has 0 aliphatic carbocycles. The molecule has 0 unspecified atom stereocenters. The van der Waals surface area contributed by atoms with Crippen LogP contribution in [0.4, 0.5) is 0 Å². The highest BCUT2D eigenvalue weighted by molar-refractivity contribution is 6.35. The number of nitrogens with one attached hydrogen (secondary N) is 1. The van der Waals surface area contributed by atoms with Crippen LogP contribution in [0.15, 0.2) is 66.7 Å². The highest BCUT2D eigenvalue weighted by Gasteiger charge is 2.31. The van der Waals surface area contributed by atoms with Gasteiger partial charge in [-0.1, -0.05) is 79.5 Å². The summed E-state index contributed by atoms with van der Waals surface area (Å²) in [7, 11) is 0. The Labute approximate surface area is 229 Å². The van der Waals surface area contributed by atoms with E-state index < -0.39 is 6.04 Å². The van der Waals surface area contributed by atoms with E-state index in [9.17, 15) is 9.59 Å². The minimum atomic E-state index is -0.761. The molecule has 3 aromatic rings. The van der Waals surface area contributed by atoms with E-state index in [0.717, 1.165) is 16.7 Å². The van der Waals surface area contributed by atoms with Crippen LogP contribution in [0.25, 0.3) is 0 Å². The smallest absolute Gasteiger partial charge is 0.261 e. The lowest BCUT2D eigenvalue weighted by Crippen LogP contribution is -2.52. The first kappa shape index (κ1) is 28.5.